The maximum absolute atomic E-state index is 12.8. The van der Waals surface area contributed by atoms with Crippen LogP contribution in [-0.4, -0.2) is 37.2 Å². The van der Waals surface area contributed by atoms with Crippen LogP contribution >= 0.6 is 0 Å². The van der Waals surface area contributed by atoms with Gasteiger partial charge in [0.2, 0.25) is 0 Å². The molecular formula is C61H110O6. The Bertz CT molecular complexity index is 1170. The fraction of sp³-hybridized carbons (Fsp3) is 0.820. The largest absolute Gasteiger partial charge is 0.462 e. The zero-order valence-corrected chi connectivity index (χ0v) is 44.7. The van der Waals surface area contributed by atoms with Crippen LogP contribution in [0.5, 0.6) is 0 Å². The Morgan fingerprint density at radius 1 is 0.299 bits per heavy atom. The van der Waals surface area contributed by atoms with E-state index in [1.54, 1.807) is 0 Å². The molecule has 0 spiro atoms. The summed E-state index contributed by atoms with van der Waals surface area (Å²) in [5.41, 5.74) is 0. The lowest BCUT2D eigenvalue weighted by Gasteiger charge is -2.18. The molecule has 6 nitrogen and oxygen atoms in total. The monoisotopic (exact) mass is 939 g/mol. The molecule has 0 rings (SSSR count). The van der Waals surface area contributed by atoms with Crippen molar-refractivity contribution < 1.29 is 28.6 Å². The van der Waals surface area contributed by atoms with E-state index in [-0.39, 0.29) is 31.1 Å². The van der Waals surface area contributed by atoms with Gasteiger partial charge in [0.25, 0.3) is 0 Å². The van der Waals surface area contributed by atoms with Gasteiger partial charge in [-0.15, -0.1) is 0 Å². The third kappa shape index (κ3) is 54.2. The molecule has 0 amide bonds. The zero-order valence-electron chi connectivity index (χ0n) is 44.7. The van der Waals surface area contributed by atoms with Gasteiger partial charge in [0.05, 0.1) is 0 Å². The summed E-state index contributed by atoms with van der Waals surface area (Å²) >= 11 is 0. The minimum atomic E-state index is -0.783. The van der Waals surface area contributed by atoms with Crippen LogP contribution in [0.3, 0.4) is 0 Å². The number of carbonyl (C=O) groups is 3. The first-order valence-corrected chi connectivity index (χ1v) is 29.1. The lowest BCUT2D eigenvalue weighted by Crippen LogP contribution is -2.30. The average Bonchev–Trinajstić information content (AvgIpc) is 3.33. The van der Waals surface area contributed by atoms with Crippen LogP contribution in [0.4, 0.5) is 0 Å². The Kier molecular flexibility index (Phi) is 53.8. The van der Waals surface area contributed by atoms with Crippen LogP contribution in [0.15, 0.2) is 48.6 Å². The van der Waals surface area contributed by atoms with Gasteiger partial charge in [0.15, 0.2) is 6.10 Å². The van der Waals surface area contributed by atoms with Gasteiger partial charge in [-0.1, -0.05) is 249 Å². The SMILES string of the molecule is CCCCC/C=C\C/C=C\C/C=C\CCCCCCC(=O)O[C@H](COC(=O)CCCCCCCCCCC/C=C\CCCCCCCC)COC(=O)CCCCCCCCCCCCCCC. The van der Waals surface area contributed by atoms with Gasteiger partial charge in [-0.25, -0.2) is 0 Å². The van der Waals surface area contributed by atoms with Gasteiger partial charge in [-0.05, 0) is 83.5 Å². The maximum Gasteiger partial charge on any atom is 0.306 e. The average molecular weight is 940 g/mol. The predicted octanol–water partition coefficient (Wildman–Crippen LogP) is 19.4. The number of ether oxygens (including phenoxy) is 3. The molecule has 0 aliphatic carbocycles. The summed E-state index contributed by atoms with van der Waals surface area (Å²) in [5.74, 6) is -0.889. The van der Waals surface area contributed by atoms with Crippen LogP contribution in [0.1, 0.15) is 303 Å². The van der Waals surface area contributed by atoms with Gasteiger partial charge in [-0.2, -0.15) is 0 Å². The number of rotatable bonds is 53. The second-order valence-corrected chi connectivity index (χ2v) is 19.6. The molecule has 0 fully saturated rings. The van der Waals surface area contributed by atoms with Crippen molar-refractivity contribution in [1.29, 1.82) is 0 Å². The van der Waals surface area contributed by atoms with Crippen LogP contribution in [0.25, 0.3) is 0 Å². The van der Waals surface area contributed by atoms with E-state index in [2.05, 4.69) is 69.4 Å². The molecule has 0 aromatic rings. The summed E-state index contributed by atoms with van der Waals surface area (Å²) in [7, 11) is 0. The Morgan fingerprint density at radius 2 is 0.537 bits per heavy atom. The Morgan fingerprint density at radius 3 is 0.881 bits per heavy atom. The third-order valence-corrected chi connectivity index (χ3v) is 12.8. The van der Waals surface area contributed by atoms with Crippen molar-refractivity contribution in [2.45, 2.75) is 309 Å². The van der Waals surface area contributed by atoms with Gasteiger partial charge >= 0.3 is 17.9 Å². The van der Waals surface area contributed by atoms with E-state index in [1.807, 2.05) is 0 Å². The number of esters is 3. The third-order valence-electron chi connectivity index (χ3n) is 12.8. The summed E-state index contributed by atoms with van der Waals surface area (Å²) in [4.78, 5) is 38.1. The van der Waals surface area contributed by atoms with Crippen LogP contribution < -0.4 is 0 Å². The van der Waals surface area contributed by atoms with E-state index in [9.17, 15) is 14.4 Å². The predicted molar refractivity (Wildman–Crippen MR) is 289 cm³/mol. The number of allylic oxidation sites excluding steroid dienone is 8. The minimum absolute atomic E-state index is 0.0798. The molecular weight excluding hydrogens is 829 g/mol. The molecule has 0 aliphatic heterocycles. The first-order chi connectivity index (χ1) is 33.0. The summed E-state index contributed by atoms with van der Waals surface area (Å²) in [6.07, 6.45) is 68.1. The topological polar surface area (TPSA) is 78.9 Å². The molecule has 0 aliphatic rings. The highest BCUT2D eigenvalue weighted by Crippen LogP contribution is 2.16. The van der Waals surface area contributed by atoms with Gasteiger partial charge in [0.1, 0.15) is 13.2 Å². The molecule has 0 aromatic heterocycles. The smallest absolute Gasteiger partial charge is 0.306 e. The fourth-order valence-corrected chi connectivity index (χ4v) is 8.39. The summed E-state index contributed by atoms with van der Waals surface area (Å²) in [5, 5.41) is 0. The van der Waals surface area contributed by atoms with Crippen LogP contribution in [-0.2, 0) is 28.6 Å². The Hall–Kier alpha value is -2.63. The molecule has 0 saturated carbocycles. The van der Waals surface area contributed by atoms with Gasteiger partial charge in [-0.3, -0.25) is 14.4 Å². The molecule has 67 heavy (non-hydrogen) atoms. The molecule has 0 radical (unpaired) electrons. The standard InChI is InChI=1S/C61H110O6/c1-4-7-10-13-16-19-22-25-27-29-30-32-33-36-39-42-45-48-51-54-60(63)66-57-58(56-65-59(62)53-50-47-44-41-38-35-24-21-18-15-12-9-6-3)67-61(64)55-52-49-46-43-40-37-34-31-28-26-23-20-17-14-11-8-5-2/h17,20,25-28,34,37,58H,4-16,18-19,21-24,29-33,35-36,38-57H2,1-3H3/b20-17-,27-25-,28-26-,37-34-/t58-/m0/s1. The molecule has 6 heteroatoms. The van der Waals surface area contributed by atoms with E-state index in [0.717, 1.165) is 83.5 Å². The molecule has 0 N–H and O–H groups in total. The van der Waals surface area contributed by atoms with Crippen molar-refractivity contribution in [3.05, 3.63) is 48.6 Å². The van der Waals surface area contributed by atoms with E-state index in [1.165, 1.54) is 180 Å². The van der Waals surface area contributed by atoms with Crippen molar-refractivity contribution in [2.24, 2.45) is 0 Å². The van der Waals surface area contributed by atoms with Crippen molar-refractivity contribution in [2.75, 3.05) is 13.2 Å². The molecule has 1 atom stereocenters. The maximum atomic E-state index is 12.8. The van der Waals surface area contributed by atoms with Crippen molar-refractivity contribution >= 4 is 17.9 Å². The van der Waals surface area contributed by atoms with Gasteiger partial charge in [0, 0.05) is 19.3 Å². The molecule has 0 saturated heterocycles. The Labute approximate surface area is 416 Å². The van der Waals surface area contributed by atoms with Crippen molar-refractivity contribution in [1.82, 2.24) is 0 Å². The van der Waals surface area contributed by atoms with Crippen molar-refractivity contribution in [3.63, 3.8) is 0 Å². The molecule has 0 aromatic carbocycles. The van der Waals surface area contributed by atoms with E-state index in [4.69, 9.17) is 14.2 Å². The first-order valence-electron chi connectivity index (χ1n) is 29.1. The van der Waals surface area contributed by atoms with E-state index >= 15 is 0 Å². The summed E-state index contributed by atoms with van der Waals surface area (Å²) in [6.45, 7) is 6.62. The van der Waals surface area contributed by atoms with E-state index in [0.29, 0.717) is 19.3 Å². The van der Waals surface area contributed by atoms with E-state index < -0.39 is 6.10 Å². The molecule has 390 valence electrons. The second-order valence-electron chi connectivity index (χ2n) is 19.6. The number of hydrogen-bond donors (Lipinski definition) is 0. The normalized spacial score (nSPS) is 12.3. The molecule has 0 heterocycles. The van der Waals surface area contributed by atoms with Crippen LogP contribution in [0, 0.1) is 0 Å². The number of unbranched alkanes of at least 4 members (excludes halogenated alkanes) is 34. The lowest BCUT2D eigenvalue weighted by atomic mass is 10.0. The highest BCUT2D eigenvalue weighted by atomic mass is 16.6. The van der Waals surface area contributed by atoms with Crippen LogP contribution in [0.2, 0.25) is 0 Å². The highest BCUT2D eigenvalue weighted by Gasteiger charge is 2.19. The summed E-state index contributed by atoms with van der Waals surface area (Å²) < 4.78 is 16.9. The minimum Gasteiger partial charge on any atom is -0.462 e. The highest BCUT2D eigenvalue weighted by molar-refractivity contribution is 5.71. The van der Waals surface area contributed by atoms with Crippen molar-refractivity contribution in [3.8, 4) is 0 Å². The number of carbonyl (C=O) groups excluding carboxylic acids is 3. The first kappa shape index (κ1) is 64.4. The van der Waals surface area contributed by atoms with Gasteiger partial charge < -0.3 is 14.2 Å². The molecule has 0 bridgehead atoms. The lowest BCUT2D eigenvalue weighted by molar-refractivity contribution is -0.167. The zero-order chi connectivity index (χ0) is 48.6. The summed E-state index contributed by atoms with van der Waals surface area (Å²) in [6, 6.07) is 0. The fourth-order valence-electron chi connectivity index (χ4n) is 8.39. The molecule has 0 unspecified atom stereocenters. The quantitative estimate of drug-likeness (QED) is 0.0262. The Balaban J connectivity index is 4.37. The second kappa shape index (κ2) is 56.0. The number of hydrogen-bond acceptors (Lipinski definition) is 6.